The molecule has 0 aliphatic carbocycles. The van der Waals surface area contributed by atoms with E-state index in [2.05, 4.69) is 5.32 Å². The zero-order valence-electron chi connectivity index (χ0n) is 14.7. The molecule has 7 heteroatoms. The number of esters is 1. The smallest absolute Gasteiger partial charge is 0.341 e. The molecule has 1 amide bonds. The van der Waals surface area contributed by atoms with Gasteiger partial charge in [-0.1, -0.05) is 18.2 Å². The Morgan fingerprint density at radius 1 is 1.28 bits per heavy atom. The number of aryl methyl sites for hydroxylation is 1. The van der Waals surface area contributed by atoms with E-state index in [4.69, 9.17) is 4.74 Å². The van der Waals surface area contributed by atoms with Gasteiger partial charge in [-0.25, -0.2) is 9.18 Å². The highest BCUT2D eigenvalue weighted by molar-refractivity contribution is 7.16. The van der Waals surface area contributed by atoms with E-state index in [-0.39, 0.29) is 18.3 Å². The van der Waals surface area contributed by atoms with Crippen LogP contribution in [0.1, 0.15) is 26.4 Å². The number of thiophene rings is 1. The summed E-state index contributed by atoms with van der Waals surface area (Å²) >= 11 is 1.34. The summed E-state index contributed by atoms with van der Waals surface area (Å²) < 4.78 is 18.5. The molecule has 1 N–H and O–H groups in total. The van der Waals surface area contributed by atoms with Gasteiger partial charge in [0.05, 0.1) is 19.2 Å². The van der Waals surface area contributed by atoms with Crippen molar-refractivity contribution in [3.05, 3.63) is 51.7 Å². The minimum atomic E-state index is -0.475. The summed E-state index contributed by atoms with van der Waals surface area (Å²) in [6.45, 7) is 4.09. The van der Waals surface area contributed by atoms with Crippen LogP contribution in [0.5, 0.6) is 0 Å². The molecule has 0 spiro atoms. The first-order chi connectivity index (χ1) is 11.8. The van der Waals surface area contributed by atoms with Gasteiger partial charge >= 0.3 is 5.97 Å². The molecule has 134 valence electrons. The summed E-state index contributed by atoms with van der Waals surface area (Å²) in [4.78, 5) is 26.9. The quantitative estimate of drug-likeness (QED) is 0.799. The molecule has 0 aliphatic rings. The topological polar surface area (TPSA) is 58.6 Å². The monoisotopic (exact) mass is 364 g/mol. The molecule has 0 aliphatic heterocycles. The molecule has 1 aromatic carbocycles. The normalized spacial score (nSPS) is 10.8. The SMILES string of the molecule is COC(=O)c1c(NC(=O)CN(C)Cc2ccccc2F)sc(C)c1C. The second-order valence-electron chi connectivity index (χ2n) is 5.79. The number of ether oxygens (including phenoxy) is 1. The Kier molecular flexibility index (Phi) is 6.27. The summed E-state index contributed by atoms with van der Waals surface area (Å²) in [5.74, 6) is -1.05. The number of hydrogen-bond donors (Lipinski definition) is 1. The average molecular weight is 364 g/mol. The predicted molar refractivity (Wildman–Crippen MR) is 96.5 cm³/mol. The summed E-state index contributed by atoms with van der Waals surface area (Å²) in [5.41, 5.74) is 1.71. The first kappa shape index (κ1) is 19.1. The van der Waals surface area contributed by atoms with Crippen LogP contribution in [-0.4, -0.2) is 37.5 Å². The molecule has 0 saturated carbocycles. The van der Waals surface area contributed by atoms with Crippen molar-refractivity contribution in [3.8, 4) is 0 Å². The largest absolute Gasteiger partial charge is 0.465 e. The Morgan fingerprint density at radius 3 is 2.60 bits per heavy atom. The molecule has 2 rings (SSSR count). The van der Waals surface area contributed by atoms with E-state index in [0.717, 1.165) is 10.4 Å². The maximum absolute atomic E-state index is 13.7. The Morgan fingerprint density at radius 2 is 1.96 bits per heavy atom. The van der Waals surface area contributed by atoms with Crippen molar-refractivity contribution in [1.82, 2.24) is 4.90 Å². The molecule has 0 radical (unpaired) electrons. The first-order valence-corrected chi connectivity index (χ1v) is 8.55. The first-order valence-electron chi connectivity index (χ1n) is 7.73. The van der Waals surface area contributed by atoms with Gasteiger partial charge < -0.3 is 10.1 Å². The van der Waals surface area contributed by atoms with E-state index in [9.17, 15) is 14.0 Å². The highest BCUT2D eigenvalue weighted by atomic mass is 32.1. The van der Waals surface area contributed by atoms with Gasteiger partial charge in [-0.15, -0.1) is 11.3 Å². The maximum Gasteiger partial charge on any atom is 0.341 e. The fraction of sp³-hybridized carbons (Fsp3) is 0.333. The van der Waals surface area contributed by atoms with Crippen LogP contribution < -0.4 is 5.32 Å². The standard InChI is InChI=1S/C18H21FN2O3S/c1-11-12(2)25-17(16(11)18(23)24-4)20-15(22)10-21(3)9-13-7-5-6-8-14(13)19/h5-8H,9-10H2,1-4H3,(H,20,22). The Balaban J connectivity index is 2.04. The number of anilines is 1. The van der Waals surface area contributed by atoms with Crippen LogP contribution in [0.3, 0.4) is 0 Å². The van der Waals surface area contributed by atoms with Crippen molar-refractivity contribution >= 4 is 28.2 Å². The van der Waals surface area contributed by atoms with Crippen molar-refractivity contribution in [2.45, 2.75) is 20.4 Å². The van der Waals surface area contributed by atoms with Gasteiger partial charge in [0.15, 0.2) is 0 Å². The van der Waals surface area contributed by atoms with E-state index in [0.29, 0.717) is 22.7 Å². The van der Waals surface area contributed by atoms with E-state index in [1.165, 1.54) is 24.5 Å². The fourth-order valence-electron chi connectivity index (χ4n) is 2.45. The molecule has 2 aromatic rings. The van der Waals surface area contributed by atoms with Gasteiger partial charge in [0.25, 0.3) is 0 Å². The van der Waals surface area contributed by atoms with Crippen LogP contribution >= 0.6 is 11.3 Å². The molecular weight excluding hydrogens is 343 g/mol. The van der Waals surface area contributed by atoms with Crippen molar-refractivity contribution in [2.75, 3.05) is 26.0 Å². The van der Waals surface area contributed by atoms with Crippen LogP contribution in [0.2, 0.25) is 0 Å². The summed E-state index contributed by atoms with van der Waals surface area (Å²) in [6.07, 6.45) is 0. The fourth-order valence-corrected chi connectivity index (χ4v) is 3.51. The van der Waals surface area contributed by atoms with E-state index >= 15 is 0 Å². The highest BCUT2D eigenvalue weighted by Crippen LogP contribution is 2.32. The molecular formula is C18H21FN2O3S. The Bertz CT molecular complexity index is 789. The lowest BCUT2D eigenvalue weighted by Gasteiger charge is -2.16. The number of halogens is 1. The number of likely N-dealkylation sites (N-methyl/N-ethyl adjacent to an activating group) is 1. The number of carbonyl (C=O) groups is 2. The number of hydrogen-bond acceptors (Lipinski definition) is 5. The molecule has 1 aromatic heterocycles. The summed E-state index contributed by atoms with van der Waals surface area (Å²) in [5, 5.41) is 3.24. The lowest BCUT2D eigenvalue weighted by atomic mass is 10.1. The number of carbonyl (C=O) groups excluding carboxylic acids is 2. The van der Waals surface area contributed by atoms with E-state index < -0.39 is 5.97 Å². The van der Waals surface area contributed by atoms with Gasteiger partial charge in [-0.2, -0.15) is 0 Å². The van der Waals surface area contributed by atoms with Crippen LogP contribution in [0, 0.1) is 19.7 Å². The average Bonchev–Trinajstić information content (AvgIpc) is 2.83. The van der Waals surface area contributed by atoms with Gasteiger partial charge in [0, 0.05) is 17.0 Å². The van der Waals surface area contributed by atoms with Gasteiger partial charge in [-0.05, 0) is 32.5 Å². The number of rotatable bonds is 6. The number of amides is 1. The minimum absolute atomic E-state index is 0.0743. The van der Waals surface area contributed by atoms with Gasteiger partial charge in [0.1, 0.15) is 10.8 Å². The molecule has 25 heavy (non-hydrogen) atoms. The summed E-state index contributed by atoms with van der Waals surface area (Å²) in [6, 6.07) is 6.46. The van der Waals surface area contributed by atoms with Crippen molar-refractivity contribution in [3.63, 3.8) is 0 Å². The second kappa shape index (κ2) is 8.22. The Hall–Kier alpha value is -2.25. The third kappa shape index (κ3) is 4.64. The molecule has 0 atom stereocenters. The lowest BCUT2D eigenvalue weighted by Crippen LogP contribution is -2.30. The number of methoxy groups -OCH3 is 1. The third-order valence-electron chi connectivity index (χ3n) is 3.84. The zero-order chi connectivity index (χ0) is 18.6. The zero-order valence-corrected chi connectivity index (χ0v) is 15.5. The van der Waals surface area contributed by atoms with Gasteiger partial charge in [-0.3, -0.25) is 9.69 Å². The molecule has 0 unspecified atom stereocenters. The molecule has 0 saturated heterocycles. The van der Waals surface area contributed by atoms with Crippen LogP contribution in [0.15, 0.2) is 24.3 Å². The molecule has 0 bridgehead atoms. The highest BCUT2D eigenvalue weighted by Gasteiger charge is 2.22. The number of nitrogens with zero attached hydrogens (tertiary/aromatic N) is 1. The van der Waals surface area contributed by atoms with Crippen LogP contribution in [-0.2, 0) is 16.1 Å². The predicted octanol–water partition coefficient (Wildman–Crippen LogP) is 3.36. The minimum Gasteiger partial charge on any atom is -0.465 e. The van der Waals surface area contributed by atoms with Crippen molar-refractivity contribution in [2.24, 2.45) is 0 Å². The lowest BCUT2D eigenvalue weighted by molar-refractivity contribution is -0.117. The van der Waals surface area contributed by atoms with E-state index in [1.807, 2.05) is 13.8 Å². The van der Waals surface area contributed by atoms with Crippen molar-refractivity contribution < 1.29 is 18.7 Å². The molecule has 5 nitrogen and oxygen atoms in total. The third-order valence-corrected chi connectivity index (χ3v) is 4.96. The molecule has 0 fully saturated rings. The van der Waals surface area contributed by atoms with Crippen molar-refractivity contribution in [1.29, 1.82) is 0 Å². The number of nitrogens with one attached hydrogen (secondary N) is 1. The maximum atomic E-state index is 13.7. The van der Waals surface area contributed by atoms with E-state index in [1.54, 1.807) is 30.1 Å². The second-order valence-corrected chi connectivity index (χ2v) is 7.02. The van der Waals surface area contributed by atoms with Crippen LogP contribution in [0.25, 0.3) is 0 Å². The molecule has 1 heterocycles. The van der Waals surface area contributed by atoms with Gasteiger partial charge in [0.2, 0.25) is 5.91 Å². The summed E-state index contributed by atoms with van der Waals surface area (Å²) in [7, 11) is 3.04. The Labute approximate surface area is 150 Å². The number of benzene rings is 1. The van der Waals surface area contributed by atoms with Crippen LogP contribution in [0.4, 0.5) is 9.39 Å².